The maximum Gasteiger partial charge on any atom is 0.341 e. The molecule has 1 aromatic rings. The van der Waals surface area contributed by atoms with E-state index in [1.165, 1.54) is 4.90 Å². The molecule has 0 fully saturated rings. The van der Waals surface area contributed by atoms with Gasteiger partial charge >= 0.3 is 12.0 Å². The molecule has 0 heterocycles. The fourth-order valence-corrected chi connectivity index (χ4v) is 1.36. The third-order valence-electron chi connectivity index (χ3n) is 2.43. The number of carbonyl (C=O) groups is 2. The van der Waals surface area contributed by atoms with E-state index in [9.17, 15) is 9.59 Å². The molecule has 2 N–H and O–H groups in total. The molecular weight excluding hydrogens is 264 g/mol. The van der Waals surface area contributed by atoms with E-state index in [4.69, 9.17) is 14.6 Å². The average Bonchev–Trinajstić information content (AvgIpc) is 2.42. The van der Waals surface area contributed by atoms with Crippen molar-refractivity contribution < 1.29 is 24.2 Å². The molecule has 0 aromatic heterocycles. The molecule has 110 valence electrons. The monoisotopic (exact) mass is 282 g/mol. The minimum absolute atomic E-state index is 0.280. The summed E-state index contributed by atoms with van der Waals surface area (Å²) in [6, 6.07) is 6.26. The van der Waals surface area contributed by atoms with Gasteiger partial charge in [-0.15, -0.1) is 0 Å². The van der Waals surface area contributed by atoms with Gasteiger partial charge in [-0.1, -0.05) is 6.07 Å². The first-order valence-electron chi connectivity index (χ1n) is 5.98. The van der Waals surface area contributed by atoms with Crippen LogP contribution in [-0.4, -0.2) is 55.9 Å². The fraction of sp³-hybridized carbons (Fsp3) is 0.385. The Morgan fingerprint density at radius 3 is 2.80 bits per heavy atom. The van der Waals surface area contributed by atoms with Crippen molar-refractivity contribution in [2.75, 3.05) is 39.2 Å². The number of ether oxygens (including phenoxy) is 2. The zero-order valence-corrected chi connectivity index (χ0v) is 11.5. The van der Waals surface area contributed by atoms with Crippen molar-refractivity contribution in [1.29, 1.82) is 0 Å². The van der Waals surface area contributed by atoms with Crippen molar-refractivity contribution in [2.45, 2.75) is 0 Å². The summed E-state index contributed by atoms with van der Waals surface area (Å²) in [5.74, 6) is -0.677. The third-order valence-corrected chi connectivity index (χ3v) is 2.43. The summed E-state index contributed by atoms with van der Waals surface area (Å²) in [5, 5.41) is 11.2. The van der Waals surface area contributed by atoms with Gasteiger partial charge in [-0.2, -0.15) is 0 Å². The van der Waals surface area contributed by atoms with Crippen LogP contribution in [0, 0.1) is 0 Å². The number of nitrogens with one attached hydrogen (secondary N) is 1. The summed E-state index contributed by atoms with van der Waals surface area (Å²) in [6.07, 6.45) is 0. The maximum absolute atomic E-state index is 11.8. The first kappa shape index (κ1) is 15.8. The summed E-state index contributed by atoms with van der Waals surface area (Å²) in [6.45, 7) is 0.494. The van der Waals surface area contributed by atoms with Crippen LogP contribution in [0.3, 0.4) is 0 Å². The van der Waals surface area contributed by atoms with E-state index in [-0.39, 0.29) is 6.03 Å². The van der Waals surface area contributed by atoms with Crippen LogP contribution >= 0.6 is 0 Å². The van der Waals surface area contributed by atoms with Crippen LogP contribution in [0.1, 0.15) is 0 Å². The quantitative estimate of drug-likeness (QED) is 0.786. The average molecular weight is 282 g/mol. The Labute approximate surface area is 117 Å². The largest absolute Gasteiger partial charge is 0.482 e. The molecule has 20 heavy (non-hydrogen) atoms. The molecule has 0 aliphatic heterocycles. The normalized spacial score (nSPS) is 9.90. The van der Waals surface area contributed by atoms with Crippen LogP contribution < -0.4 is 10.1 Å². The van der Waals surface area contributed by atoms with Crippen LogP contribution in [0.4, 0.5) is 10.5 Å². The molecule has 0 saturated carbocycles. The lowest BCUT2D eigenvalue weighted by Crippen LogP contribution is -2.33. The Bertz CT molecular complexity index is 464. The number of nitrogens with zero attached hydrogens (tertiary/aromatic N) is 1. The third kappa shape index (κ3) is 5.57. The van der Waals surface area contributed by atoms with E-state index in [0.717, 1.165) is 0 Å². The Hall–Kier alpha value is -2.28. The van der Waals surface area contributed by atoms with Crippen LogP contribution in [0.5, 0.6) is 5.75 Å². The molecule has 0 atom stereocenters. The van der Waals surface area contributed by atoms with Gasteiger partial charge in [-0.05, 0) is 12.1 Å². The van der Waals surface area contributed by atoms with Gasteiger partial charge in [0.1, 0.15) is 5.75 Å². The Balaban J connectivity index is 2.56. The standard InChI is InChI=1S/C13H18N2O5/c1-15(6-7-19-2)13(18)14-10-4-3-5-11(8-10)20-9-12(16)17/h3-5,8H,6-7,9H2,1-2H3,(H,14,18)(H,16,17). The van der Waals surface area contributed by atoms with Gasteiger partial charge < -0.3 is 24.8 Å². The molecule has 0 bridgehead atoms. The second kappa shape index (κ2) is 8.00. The molecule has 7 nitrogen and oxygen atoms in total. The van der Waals surface area contributed by atoms with Crippen LogP contribution in [-0.2, 0) is 9.53 Å². The zero-order valence-electron chi connectivity index (χ0n) is 11.5. The molecule has 0 spiro atoms. The second-order valence-corrected chi connectivity index (χ2v) is 4.05. The number of urea groups is 1. The molecule has 0 saturated heterocycles. The van der Waals surface area contributed by atoms with Crippen molar-refractivity contribution in [3.63, 3.8) is 0 Å². The van der Waals surface area contributed by atoms with Gasteiger partial charge in [0.25, 0.3) is 0 Å². The van der Waals surface area contributed by atoms with Crippen molar-refractivity contribution >= 4 is 17.7 Å². The van der Waals surface area contributed by atoms with Crippen LogP contribution in [0.15, 0.2) is 24.3 Å². The fourth-order valence-electron chi connectivity index (χ4n) is 1.36. The van der Waals surface area contributed by atoms with Gasteiger partial charge in [0.15, 0.2) is 6.61 Å². The van der Waals surface area contributed by atoms with Crippen LogP contribution in [0.2, 0.25) is 0 Å². The highest BCUT2D eigenvalue weighted by molar-refractivity contribution is 5.89. The molecular formula is C13H18N2O5. The van der Waals surface area contributed by atoms with Crippen molar-refractivity contribution in [3.8, 4) is 5.75 Å². The lowest BCUT2D eigenvalue weighted by molar-refractivity contribution is -0.139. The number of hydrogen-bond acceptors (Lipinski definition) is 4. The van der Waals surface area contributed by atoms with Gasteiger partial charge in [0, 0.05) is 32.5 Å². The van der Waals surface area contributed by atoms with E-state index in [1.807, 2.05) is 0 Å². The van der Waals surface area contributed by atoms with Crippen molar-refractivity contribution in [3.05, 3.63) is 24.3 Å². The predicted octanol–water partition coefficient (Wildman–Crippen LogP) is 1.26. The summed E-state index contributed by atoms with van der Waals surface area (Å²) in [7, 11) is 3.22. The van der Waals surface area contributed by atoms with E-state index in [0.29, 0.717) is 24.6 Å². The Morgan fingerprint density at radius 2 is 2.15 bits per heavy atom. The number of rotatable bonds is 7. The molecule has 0 unspecified atom stereocenters. The summed E-state index contributed by atoms with van der Waals surface area (Å²) in [4.78, 5) is 23.7. The van der Waals surface area contributed by atoms with Gasteiger partial charge in [-0.3, -0.25) is 0 Å². The van der Waals surface area contributed by atoms with Crippen LogP contribution in [0.25, 0.3) is 0 Å². The highest BCUT2D eigenvalue weighted by Crippen LogP contribution is 2.17. The number of carboxylic acids is 1. The van der Waals surface area contributed by atoms with Gasteiger partial charge in [-0.25, -0.2) is 9.59 Å². The van der Waals surface area contributed by atoms with Crippen molar-refractivity contribution in [2.24, 2.45) is 0 Å². The number of anilines is 1. The number of carbonyl (C=O) groups excluding carboxylic acids is 1. The van der Waals surface area contributed by atoms with E-state index >= 15 is 0 Å². The highest BCUT2D eigenvalue weighted by Gasteiger charge is 2.09. The molecule has 1 rings (SSSR count). The molecule has 0 aliphatic carbocycles. The Kier molecular flexibility index (Phi) is 6.31. The Morgan fingerprint density at radius 1 is 1.40 bits per heavy atom. The van der Waals surface area contributed by atoms with Gasteiger partial charge in [0.05, 0.1) is 6.61 Å². The topological polar surface area (TPSA) is 88.1 Å². The summed E-state index contributed by atoms with van der Waals surface area (Å²) in [5.41, 5.74) is 0.530. The smallest absolute Gasteiger partial charge is 0.341 e. The summed E-state index contributed by atoms with van der Waals surface area (Å²) < 4.78 is 9.92. The summed E-state index contributed by atoms with van der Waals surface area (Å²) >= 11 is 0. The lowest BCUT2D eigenvalue weighted by Gasteiger charge is -2.17. The predicted molar refractivity (Wildman–Crippen MR) is 73.1 cm³/mol. The number of aliphatic carboxylic acids is 1. The number of carboxylic acid groups (broad SMARTS) is 1. The zero-order chi connectivity index (χ0) is 15.0. The SMILES string of the molecule is COCCN(C)C(=O)Nc1cccc(OCC(=O)O)c1. The van der Waals surface area contributed by atoms with Crippen molar-refractivity contribution in [1.82, 2.24) is 4.90 Å². The minimum Gasteiger partial charge on any atom is -0.482 e. The first-order chi connectivity index (χ1) is 9.52. The number of amides is 2. The maximum atomic E-state index is 11.8. The number of likely N-dealkylation sites (N-methyl/N-ethyl adjacent to an activating group) is 1. The number of hydrogen-bond donors (Lipinski definition) is 2. The molecule has 0 aliphatic rings. The highest BCUT2D eigenvalue weighted by atomic mass is 16.5. The molecule has 1 aromatic carbocycles. The molecule has 0 radical (unpaired) electrons. The van der Waals surface area contributed by atoms with E-state index < -0.39 is 12.6 Å². The van der Waals surface area contributed by atoms with E-state index in [1.54, 1.807) is 38.4 Å². The lowest BCUT2D eigenvalue weighted by atomic mass is 10.3. The van der Waals surface area contributed by atoms with Gasteiger partial charge in [0.2, 0.25) is 0 Å². The molecule has 7 heteroatoms. The number of methoxy groups -OCH3 is 1. The first-order valence-corrected chi connectivity index (χ1v) is 5.98. The minimum atomic E-state index is -1.06. The second-order valence-electron chi connectivity index (χ2n) is 4.05. The number of benzene rings is 1. The molecule has 2 amide bonds. The van der Waals surface area contributed by atoms with E-state index in [2.05, 4.69) is 5.32 Å².